The molecule has 1 aromatic carbocycles. The van der Waals surface area contributed by atoms with Crippen LogP contribution in [0.1, 0.15) is 44.7 Å². The highest BCUT2D eigenvalue weighted by atomic mass is 15.2. The zero-order chi connectivity index (χ0) is 14.5. The van der Waals surface area contributed by atoms with Crippen molar-refractivity contribution in [2.75, 3.05) is 14.1 Å². The molecule has 19 heavy (non-hydrogen) atoms. The molecule has 1 unspecified atom stereocenters. The third-order valence-corrected chi connectivity index (χ3v) is 4.69. The number of aryl methyl sites for hydroxylation is 1. The zero-order valence-electron chi connectivity index (χ0n) is 13.2. The van der Waals surface area contributed by atoms with Crippen molar-refractivity contribution in [2.45, 2.75) is 58.0 Å². The molecule has 0 aromatic heterocycles. The molecular weight excluding hydrogens is 232 g/mol. The molecule has 0 aliphatic carbocycles. The molecule has 0 saturated carbocycles. The first-order valence-corrected chi connectivity index (χ1v) is 7.51. The zero-order valence-corrected chi connectivity index (χ0v) is 13.2. The van der Waals surface area contributed by atoms with Gasteiger partial charge >= 0.3 is 0 Å². The number of hydrogen-bond donors (Lipinski definition) is 1. The van der Waals surface area contributed by atoms with Crippen molar-refractivity contribution in [3.05, 3.63) is 35.4 Å². The Labute approximate surface area is 119 Å². The van der Waals surface area contributed by atoms with Crippen molar-refractivity contribution in [2.24, 2.45) is 5.73 Å². The molecular formula is C17H30N2. The van der Waals surface area contributed by atoms with Gasteiger partial charge in [-0.05, 0) is 50.9 Å². The van der Waals surface area contributed by atoms with E-state index in [1.54, 1.807) is 0 Å². The predicted octanol–water partition coefficient (Wildman–Crippen LogP) is 3.24. The van der Waals surface area contributed by atoms with Crippen LogP contribution in [0.15, 0.2) is 24.3 Å². The van der Waals surface area contributed by atoms with Crippen molar-refractivity contribution in [1.82, 2.24) is 4.90 Å². The first-order chi connectivity index (χ1) is 9.00. The third kappa shape index (κ3) is 3.58. The molecule has 0 spiro atoms. The largest absolute Gasteiger partial charge is 0.326 e. The van der Waals surface area contributed by atoms with Crippen molar-refractivity contribution >= 4 is 0 Å². The molecule has 0 radical (unpaired) electrons. The van der Waals surface area contributed by atoms with Gasteiger partial charge in [0.05, 0.1) is 0 Å². The SMILES string of the molecule is CCc1ccc(CC(N)C(CC)(CC)N(C)C)cc1. The van der Waals surface area contributed by atoms with Crippen LogP contribution in [0.5, 0.6) is 0 Å². The Morgan fingerprint density at radius 1 is 1.00 bits per heavy atom. The Morgan fingerprint density at radius 2 is 1.47 bits per heavy atom. The molecule has 108 valence electrons. The molecule has 2 nitrogen and oxygen atoms in total. The molecule has 0 heterocycles. The smallest absolute Gasteiger partial charge is 0.0352 e. The van der Waals surface area contributed by atoms with Gasteiger partial charge in [-0.15, -0.1) is 0 Å². The van der Waals surface area contributed by atoms with Crippen LogP contribution in [-0.2, 0) is 12.8 Å². The predicted molar refractivity (Wildman–Crippen MR) is 84.5 cm³/mol. The number of nitrogens with zero attached hydrogens (tertiary/aromatic N) is 1. The minimum atomic E-state index is 0.101. The highest BCUT2D eigenvalue weighted by molar-refractivity contribution is 5.24. The van der Waals surface area contributed by atoms with Crippen LogP contribution in [0.3, 0.4) is 0 Å². The Balaban J connectivity index is 2.83. The second-order valence-corrected chi connectivity index (χ2v) is 5.69. The van der Waals surface area contributed by atoms with E-state index in [0.717, 1.165) is 25.7 Å². The summed E-state index contributed by atoms with van der Waals surface area (Å²) in [5.41, 5.74) is 9.37. The second-order valence-electron chi connectivity index (χ2n) is 5.69. The van der Waals surface area contributed by atoms with E-state index in [1.807, 2.05) is 0 Å². The average Bonchev–Trinajstić information content (AvgIpc) is 2.41. The highest BCUT2D eigenvalue weighted by Gasteiger charge is 2.35. The molecule has 0 aliphatic rings. The summed E-state index contributed by atoms with van der Waals surface area (Å²) in [6.07, 6.45) is 4.22. The van der Waals surface area contributed by atoms with Crippen LogP contribution in [0, 0.1) is 0 Å². The first kappa shape index (κ1) is 16.2. The summed E-state index contributed by atoms with van der Waals surface area (Å²) in [5.74, 6) is 0. The van der Waals surface area contributed by atoms with E-state index in [9.17, 15) is 0 Å². The number of nitrogens with two attached hydrogens (primary N) is 1. The van der Waals surface area contributed by atoms with Gasteiger partial charge in [0.15, 0.2) is 0 Å². The number of benzene rings is 1. The summed E-state index contributed by atoms with van der Waals surface area (Å²) < 4.78 is 0. The van der Waals surface area contributed by atoms with E-state index in [2.05, 4.69) is 64.0 Å². The summed E-state index contributed by atoms with van der Waals surface area (Å²) in [5, 5.41) is 0. The van der Waals surface area contributed by atoms with Gasteiger partial charge in [0.25, 0.3) is 0 Å². The Hall–Kier alpha value is -0.860. The van der Waals surface area contributed by atoms with E-state index >= 15 is 0 Å². The Bertz CT molecular complexity index is 363. The maximum absolute atomic E-state index is 6.54. The summed E-state index contributed by atoms with van der Waals surface area (Å²) >= 11 is 0. The van der Waals surface area contributed by atoms with Crippen LogP contribution in [0.25, 0.3) is 0 Å². The van der Waals surface area contributed by atoms with Crippen molar-refractivity contribution in [3.63, 3.8) is 0 Å². The van der Waals surface area contributed by atoms with Gasteiger partial charge < -0.3 is 10.6 Å². The number of likely N-dealkylation sites (N-methyl/N-ethyl adjacent to an activating group) is 1. The van der Waals surface area contributed by atoms with Crippen LogP contribution in [0.2, 0.25) is 0 Å². The molecule has 0 saturated heterocycles. The normalized spacial score (nSPS) is 13.8. The maximum Gasteiger partial charge on any atom is 0.0352 e. The molecule has 1 atom stereocenters. The third-order valence-electron chi connectivity index (χ3n) is 4.69. The molecule has 0 amide bonds. The second kappa shape index (κ2) is 7.06. The monoisotopic (exact) mass is 262 g/mol. The quantitative estimate of drug-likeness (QED) is 0.817. The summed E-state index contributed by atoms with van der Waals surface area (Å²) in [4.78, 5) is 2.30. The van der Waals surface area contributed by atoms with E-state index in [4.69, 9.17) is 5.73 Å². The van der Waals surface area contributed by atoms with E-state index in [1.165, 1.54) is 11.1 Å². The number of hydrogen-bond acceptors (Lipinski definition) is 2. The van der Waals surface area contributed by atoms with Crippen molar-refractivity contribution in [3.8, 4) is 0 Å². The van der Waals surface area contributed by atoms with E-state index < -0.39 is 0 Å². The first-order valence-electron chi connectivity index (χ1n) is 7.51. The van der Waals surface area contributed by atoms with Gasteiger partial charge in [-0.25, -0.2) is 0 Å². The van der Waals surface area contributed by atoms with Gasteiger partial charge in [-0.2, -0.15) is 0 Å². The standard InChI is InChI=1S/C17H30N2/c1-6-14-9-11-15(12-10-14)13-16(18)17(7-2,8-3)19(4)5/h9-12,16H,6-8,13,18H2,1-5H3. The Morgan fingerprint density at radius 3 is 1.84 bits per heavy atom. The fourth-order valence-electron chi connectivity index (χ4n) is 3.09. The lowest BCUT2D eigenvalue weighted by molar-refractivity contribution is 0.105. The molecule has 2 N–H and O–H groups in total. The topological polar surface area (TPSA) is 29.3 Å². The van der Waals surface area contributed by atoms with Gasteiger partial charge in [0, 0.05) is 11.6 Å². The maximum atomic E-state index is 6.54. The van der Waals surface area contributed by atoms with Gasteiger partial charge in [0.2, 0.25) is 0 Å². The minimum absolute atomic E-state index is 0.101. The van der Waals surface area contributed by atoms with Crippen LogP contribution < -0.4 is 5.73 Å². The van der Waals surface area contributed by atoms with Gasteiger partial charge in [-0.3, -0.25) is 0 Å². The van der Waals surface area contributed by atoms with Crippen molar-refractivity contribution < 1.29 is 0 Å². The summed E-state index contributed by atoms with van der Waals surface area (Å²) in [6.45, 7) is 6.67. The lowest BCUT2D eigenvalue weighted by atomic mass is 9.80. The lowest BCUT2D eigenvalue weighted by Crippen LogP contribution is -2.57. The molecule has 1 rings (SSSR count). The lowest BCUT2D eigenvalue weighted by Gasteiger charge is -2.43. The number of rotatable bonds is 7. The fraction of sp³-hybridized carbons (Fsp3) is 0.647. The molecule has 0 bridgehead atoms. The summed E-state index contributed by atoms with van der Waals surface area (Å²) in [6, 6.07) is 9.06. The van der Waals surface area contributed by atoms with E-state index in [-0.39, 0.29) is 11.6 Å². The summed E-state index contributed by atoms with van der Waals surface area (Å²) in [7, 11) is 4.29. The minimum Gasteiger partial charge on any atom is -0.326 e. The molecule has 1 aromatic rings. The van der Waals surface area contributed by atoms with Gasteiger partial charge in [-0.1, -0.05) is 45.0 Å². The molecule has 0 fully saturated rings. The average molecular weight is 262 g/mol. The van der Waals surface area contributed by atoms with Crippen LogP contribution in [-0.4, -0.2) is 30.6 Å². The fourth-order valence-corrected chi connectivity index (χ4v) is 3.09. The van der Waals surface area contributed by atoms with Crippen LogP contribution in [0.4, 0.5) is 0 Å². The molecule has 2 heteroatoms. The van der Waals surface area contributed by atoms with Crippen molar-refractivity contribution in [1.29, 1.82) is 0 Å². The van der Waals surface area contributed by atoms with E-state index in [0.29, 0.717) is 0 Å². The highest BCUT2D eigenvalue weighted by Crippen LogP contribution is 2.26. The Kier molecular flexibility index (Phi) is 6.02. The molecule has 0 aliphatic heterocycles. The van der Waals surface area contributed by atoms with Crippen LogP contribution >= 0.6 is 0 Å². The van der Waals surface area contributed by atoms with Gasteiger partial charge in [0.1, 0.15) is 0 Å².